The van der Waals surface area contributed by atoms with Gasteiger partial charge in [0.25, 0.3) is 11.1 Å². The maximum absolute atomic E-state index is 12.6. The van der Waals surface area contributed by atoms with E-state index in [-0.39, 0.29) is 4.91 Å². The van der Waals surface area contributed by atoms with Crippen molar-refractivity contribution in [1.82, 2.24) is 4.90 Å². The summed E-state index contributed by atoms with van der Waals surface area (Å²) in [6.07, 6.45) is 1.62. The third-order valence-corrected chi connectivity index (χ3v) is 6.44. The second-order valence-electron chi connectivity index (χ2n) is 6.32. The van der Waals surface area contributed by atoms with Crippen LogP contribution in [0.3, 0.4) is 0 Å². The molecule has 156 valence electrons. The van der Waals surface area contributed by atoms with Crippen molar-refractivity contribution < 1.29 is 23.9 Å². The van der Waals surface area contributed by atoms with Crippen molar-refractivity contribution in [3.05, 3.63) is 67.1 Å². The Morgan fingerprint density at radius 2 is 2.00 bits per heavy atom. The first-order valence-electron chi connectivity index (χ1n) is 8.82. The molecule has 9 heteroatoms. The summed E-state index contributed by atoms with van der Waals surface area (Å²) in [5.41, 5.74) is 1.62. The summed E-state index contributed by atoms with van der Waals surface area (Å²) < 4.78 is 11.3. The van der Waals surface area contributed by atoms with Crippen LogP contribution in [-0.4, -0.2) is 35.2 Å². The van der Waals surface area contributed by atoms with E-state index in [0.717, 1.165) is 31.4 Å². The van der Waals surface area contributed by atoms with Crippen LogP contribution >= 0.6 is 46.0 Å². The van der Waals surface area contributed by atoms with Gasteiger partial charge in [-0.2, -0.15) is 0 Å². The second kappa shape index (κ2) is 9.84. The molecule has 1 fully saturated rings. The molecule has 6 nitrogen and oxygen atoms in total. The van der Waals surface area contributed by atoms with Gasteiger partial charge in [-0.15, -0.1) is 0 Å². The summed E-state index contributed by atoms with van der Waals surface area (Å²) in [5.74, 6) is -0.481. The molecular formula is C21H17ClINO5S. The van der Waals surface area contributed by atoms with Crippen LogP contribution in [0.5, 0.6) is 5.75 Å². The lowest BCUT2D eigenvalue weighted by atomic mass is 10.2. The van der Waals surface area contributed by atoms with Crippen LogP contribution < -0.4 is 4.74 Å². The number of rotatable bonds is 6. The number of halogens is 2. The molecule has 0 aromatic heterocycles. The largest absolute Gasteiger partial charge is 0.488 e. The SMILES string of the molecule is COC(=O)[C@H](C)N1C(=O)S/C(=C/c2ccc(OCc3ccccc3Cl)c(I)c2)C1=O. The van der Waals surface area contributed by atoms with E-state index >= 15 is 0 Å². The molecule has 1 aliphatic rings. The lowest BCUT2D eigenvalue weighted by molar-refractivity contribution is -0.148. The minimum absolute atomic E-state index is 0.247. The van der Waals surface area contributed by atoms with Crippen LogP contribution in [0.2, 0.25) is 5.02 Å². The molecule has 2 aromatic carbocycles. The fourth-order valence-corrected chi connectivity index (χ4v) is 4.53. The zero-order valence-electron chi connectivity index (χ0n) is 16.1. The minimum atomic E-state index is -0.978. The number of methoxy groups -OCH3 is 1. The first-order valence-corrected chi connectivity index (χ1v) is 11.1. The van der Waals surface area contributed by atoms with Gasteiger partial charge in [0.1, 0.15) is 18.4 Å². The average Bonchev–Trinajstić information content (AvgIpc) is 3.00. The Balaban J connectivity index is 1.74. The molecule has 2 amide bonds. The molecule has 0 bridgehead atoms. The first kappa shape index (κ1) is 22.6. The number of ether oxygens (including phenoxy) is 2. The molecular weight excluding hydrogens is 541 g/mol. The first-order chi connectivity index (χ1) is 14.3. The van der Waals surface area contributed by atoms with Crippen molar-refractivity contribution in [3.8, 4) is 5.75 Å². The fraction of sp³-hybridized carbons (Fsp3) is 0.190. The van der Waals surface area contributed by atoms with Crippen molar-refractivity contribution in [2.45, 2.75) is 19.6 Å². The second-order valence-corrected chi connectivity index (χ2v) is 8.88. The Labute approximate surface area is 196 Å². The Morgan fingerprint density at radius 3 is 2.67 bits per heavy atom. The van der Waals surface area contributed by atoms with E-state index in [0.29, 0.717) is 17.4 Å². The Kier molecular flexibility index (Phi) is 7.43. The number of nitrogens with zero attached hydrogens (tertiary/aromatic N) is 1. The summed E-state index contributed by atoms with van der Waals surface area (Å²) in [5, 5.41) is 0.138. The standard InChI is InChI=1S/C21H17ClINO5S/c1-12(20(26)28-2)24-19(25)18(30-21(24)27)10-13-7-8-17(16(23)9-13)29-11-14-5-3-4-6-15(14)22/h3-10,12H,11H2,1-2H3/b18-10+/t12-/m0/s1. The van der Waals surface area contributed by atoms with Crippen LogP contribution in [0.25, 0.3) is 6.08 Å². The molecule has 0 saturated carbocycles. The number of hydrogen-bond donors (Lipinski definition) is 0. The van der Waals surface area contributed by atoms with E-state index in [1.165, 1.54) is 14.0 Å². The molecule has 2 aromatic rings. The van der Waals surface area contributed by atoms with Crippen LogP contribution in [0, 0.1) is 3.57 Å². The van der Waals surface area contributed by atoms with Crippen LogP contribution in [0.1, 0.15) is 18.1 Å². The summed E-state index contributed by atoms with van der Waals surface area (Å²) in [7, 11) is 1.21. The predicted molar refractivity (Wildman–Crippen MR) is 124 cm³/mol. The monoisotopic (exact) mass is 557 g/mol. The highest BCUT2D eigenvalue weighted by Gasteiger charge is 2.41. The van der Waals surface area contributed by atoms with Gasteiger partial charge in [0.2, 0.25) is 0 Å². The highest BCUT2D eigenvalue weighted by molar-refractivity contribution is 14.1. The Bertz CT molecular complexity index is 1040. The molecule has 0 aliphatic carbocycles. The maximum atomic E-state index is 12.6. The van der Waals surface area contributed by atoms with Crippen molar-refractivity contribution >= 4 is 69.1 Å². The quantitative estimate of drug-likeness (QED) is 0.279. The molecule has 1 aliphatic heterocycles. The molecule has 1 heterocycles. The number of esters is 1. The molecule has 1 atom stereocenters. The van der Waals surface area contributed by atoms with E-state index in [9.17, 15) is 14.4 Å². The summed E-state index contributed by atoms with van der Waals surface area (Å²) in [4.78, 5) is 37.7. The van der Waals surface area contributed by atoms with E-state index in [4.69, 9.17) is 16.3 Å². The third-order valence-electron chi connectivity index (χ3n) is 4.35. The summed E-state index contributed by atoms with van der Waals surface area (Å²) in [6.45, 7) is 1.79. The molecule has 0 spiro atoms. The Hall–Kier alpha value is -2.04. The lowest BCUT2D eigenvalue weighted by Gasteiger charge is -2.18. The minimum Gasteiger partial charge on any atom is -0.488 e. The number of imide groups is 1. The van der Waals surface area contributed by atoms with Crippen LogP contribution in [0.15, 0.2) is 47.4 Å². The molecule has 0 N–H and O–H groups in total. The van der Waals surface area contributed by atoms with Gasteiger partial charge in [-0.25, -0.2) is 4.79 Å². The van der Waals surface area contributed by atoms with Gasteiger partial charge in [0, 0.05) is 10.6 Å². The van der Waals surface area contributed by atoms with Crippen molar-refractivity contribution in [2.24, 2.45) is 0 Å². The fourth-order valence-electron chi connectivity index (χ4n) is 2.74. The predicted octanol–water partition coefficient (Wildman–Crippen LogP) is 5.12. The number of carbonyl (C=O) groups excluding carboxylic acids is 3. The lowest BCUT2D eigenvalue weighted by Crippen LogP contribution is -2.42. The zero-order chi connectivity index (χ0) is 21.8. The van der Waals surface area contributed by atoms with E-state index < -0.39 is 23.2 Å². The number of hydrogen-bond acceptors (Lipinski definition) is 6. The summed E-state index contributed by atoms with van der Waals surface area (Å²) in [6, 6.07) is 11.9. The third kappa shape index (κ3) is 4.98. The normalized spacial score (nSPS) is 16.1. The maximum Gasteiger partial charge on any atom is 0.328 e. The van der Waals surface area contributed by atoms with Crippen molar-refractivity contribution in [3.63, 3.8) is 0 Å². The smallest absolute Gasteiger partial charge is 0.328 e. The number of amides is 2. The zero-order valence-corrected chi connectivity index (χ0v) is 19.8. The van der Waals surface area contributed by atoms with Crippen LogP contribution in [0.4, 0.5) is 4.79 Å². The molecule has 3 rings (SSSR count). The van der Waals surface area contributed by atoms with Crippen LogP contribution in [-0.2, 0) is 20.9 Å². The summed E-state index contributed by atoms with van der Waals surface area (Å²) >= 11 is 9.09. The Morgan fingerprint density at radius 1 is 1.27 bits per heavy atom. The van der Waals surface area contributed by atoms with Crippen molar-refractivity contribution in [1.29, 1.82) is 0 Å². The molecule has 0 radical (unpaired) electrons. The number of thioether (sulfide) groups is 1. The van der Waals surface area contributed by atoms with E-state index in [1.807, 2.05) is 30.3 Å². The van der Waals surface area contributed by atoms with Gasteiger partial charge < -0.3 is 9.47 Å². The van der Waals surface area contributed by atoms with Gasteiger partial charge in [0.15, 0.2) is 0 Å². The van der Waals surface area contributed by atoms with E-state index in [1.54, 1.807) is 18.2 Å². The van der Waals surface area contributed by atoms with Gasteiger partial charge in [-0.1, -0.05) is 35.9 Å². The average molecular weight is 558 g/mol. The molecule has 30 heavy (non-hydrogen) atoms. The van der Waals surface area contributed by atoms with Gasteiger partial charge in [0.05, 0.1) is 15.6 Å². The molecule has 1 saturated heterocycles. The number of benzene rings is 2. The van der Waals surface area contributed by atoms with Gasteiger partial charge in [-0.3, -0.25) is 14.5 Å². The van der Waals surface area contributed by atoms with E-state index in [2.05, 4.69) is 27.3 Å². The van der Waals surface area contributed by atoms with Gasteiger partial charge >= 0.3 is 5.97 Å². The highest BCUT2D eigenvalue weighted by atomic mass is 127. The van der Waals surface area contributed by atoms with Gasteiger partial charge in [-0.05, 0) is 71.1 Å². The molecule has 0 unspecified atom stereocenters. The highest BCUT2D eigenvalue weighted by Crippen LogP contribution is 2.34. The number of carbonyl (C=O) groups is 3. The topological polar surface area (TPSA) is 72.9 Å². The van der Waals surface area contributed by atoms with Crippen molar-refractivity contribution in [2.75, 3.05) is 7.11 Å².